The summed E-state index contributed by atoms with van der Waals surface area (Å²) in [4.78, 5) is 12.3. The fourth-order valence-electron chi connectivity index (χ4n) is 3.17. The van der Waals surface area contributed by atoms with E-state index in [0.29, 0.717) is 23.4 Å². The molecule has 2 aromatic carbocycles. The summed E-state index contributed by atoms with van der Waals surface area (Å²) in [5.41, 5.74) is 4.36. The molecule has 0 saturated carbocycles. The first-order chi connectivity index (χ1) is 15.2. The number of aromatic nitrogens is 2. The Hall–Kier alpha value is -3.08. The summed E-state index contributed by atoms with van der Waals surface area (Å²) in [6, 6.07) is 15.5. The van der Waals surface area contributed by atoms with Crippen LogP contribution in [0.1, 0.15) is 31.9 Å². The Kier molecular flexibility index (Phi) is 7.39. The van der Waals surface area contributed by atoms with E-state index >= 15 is 0 Å². The van der Waals surface area contributed by atoms with Crippen molar-refractivity contribution in [3.05, 3.63) is 64.9 Å². The third-order valence-electron chi connectivity index (χ3n) is 4.56. The molecule has 0 bridgehead atoms. The number of hydrogen-bond donors (Lipinski definition) is 2. The van der Waals surface area contributed by atoms with Crippen LogP contribution in [0.2, 0.25) is 5.15 Å². The van der Waals surface area contributed by atoms with E-state index in [0.717, 1.165) is 27.8 Å². The predicted octanol–water partition coefficient (Wildman–Crippen LogP) is 5.69. The number of ether oxygens (including phenoxy) is 1. The molecule has 0 radical (unpaired) electrons. The average molecular weight is 467 g/mol. The standard InChI is InChI=1S/C24H23ClN4O2S/c1-24(2,3)31-23(30)27-11-10-15-4-6-16(7-5-15)19-9-8-17(13-26)22(32)21(19)18-12-20(25)29-28-14-18/h4-9,12,14,32H,10-11H2,1-3H3,(H,27,30). The summed E-state index contributed by atoms with van der Waals surface area (Å²) in [7, 11) is 0. The zero-order valence-corrected chi connectivity index (χ0v) is 19.7. The highest BCUT2D eigenvalue weighted by atomic mass is 35.5. The van der Waals surface area contributed by atoms with Crippen molar-refractivity contribution in [2.75, 3.05) is 6.54 Å². The molecule has 32 heavy (non-hydrogen) atoms. The van der Waals surface area contributed by atoms with E-state index < -0.39 is 11.7 Å². The number of nitriles is 1. The number of hydrogen-bond acceptors (Lipinski definition) is 6. The molecule has 0 atom stereocenters. The molecule has 0 aliphatic rings. The van der Waals surface area contributed by atoms with Crippen LogP contribution >= 0.6 is 24.2 Å². The van der Waals surface area contributed by atoms with Gasteiger partial charge in [0.15, 0.2) is 5.15 Å². The van der Waals surface area contributed by atoms with Crippen molar-refractivity contribution >= 4 is 30.3 Å². The Morgan fingerprint density at radius 3 is 2.53 bits per heavy atom. The Morgan fingerprint density at radius 1 is 1.19 bits per heavy atom. The lowest BCUT2D eigenvalue weighted by molar-refractivity contribution is 0.0528. The SMILES string of the molecule is CC(C)(C)OC(=O)NCCc1ccc(-c2ccc(C#N)c(S)c2-c2cnnc(Cl)c2)cc1. The second-order valence-electron chi connectivity index (χ2n) is 8.14. The van der Waals surface area contributed by atoms with Crippen molar-refractivity contribution in [3.63, 3.8) is 0 Å². The lowest BCUT2D eigenvalue weighted by Gasteiger charge is -2.19. The van der Waals surface area contributed by atoms with Crippen molar-refractivity contribution in [3.8, 4) is 28.3 Å². The van der Waals surface area contributed by atoms with Crippen LogP contribution in [0.25, 0.3) is 22.3 Å². The van der Waals surface area contributed by atoms with Gasteiger partial charge in [-0.25, -0.2) is 4.79 Å². The fourth-order valence-corrected chi connectivity index (χ4v) is 3.70. The molecule has 0 fully saturated rings. The van der Waals surface area contributed by atoms with Crippen LogP contribution in [0, 0.1) is 11.3 Å². The number of carbonyl (C=O) groups excluding carboxylic acids is 1. The molecule has 1 heterocycles. The van der Waals surface area contributed by atoms with E-state index in [-0.39, 0.29) is 5.15 Å². The molecule has 1 amide bonds. The molecule has 0 spiro atoms. The van der Waals surface area contributed by atoms with Gasteiger partial charge in [-0.05, 0) is 56.0 Å². The van der Waals surface area contributed by atoms with Gasteiger partial charge in [0.2, 0.25) is 0 Å². The molecular formula is C24H23ClN4O2S. The molecular weight excluding hydrogens is 444 g/mol. The molecule has 3 aromatic rings. The number of amides is 1. The van der Waals surface area contributed by atoms with Gasteiger partial charge in [0.25, 0.3) is 0 Å². The molecule has 8 heteroatoms. The van der Waals surface area contributed by atoms with Crippen molar-refractivity contribution in [2.24, 2.45) is 0 Å². The van der Waals surface area contributed by atoms with E-state index in [4.69, 9.17) is 16.3 Å². The molecule has 0 unspecified atom stereocenters. The van der Waals surface area contributed by atoms with Crippen LogP contribution < -0.4 is 5.32 Å². The topological polar surface area (TPSA) is 87.9 Å². The minimum Gasteiger partial charge on any atom is -0.444 e. The Labute approximate surface area is 198 Å². The Bertz CT molecular complexity index is 1170. The second-order valence-corrected chi connectivity index (χ2v) is 8.97. The predicted molar refractivity (Wildman–Crippen MR) is 128 cm³/mol. The lowest BCUT2D eigenvalue weighted by atomic mass is 9.93. The van der Waals surface area contributed by atoms with E-state index in [1.807, 2.05) is 51.1 Å². The van der Waals surface area contributed by atoms with Gasteiger partial charge in [0.1, 0.15) is 11.7 Å². The van der Waals surface area contributed by atoms with Crippen LogP contribution in [0.3, 0.4) is 0 Å². The summed E-state index contributed by atoms with van der Waals surface area (Å²) in [5.74, 6) is 0. The summed E-state index contributed by atoms with van der Waals surface area (Å²) in [6.07, 6.45) is 1.84. The maximum absolute atomic E-state index is 11.8. The smallest absolute Gasteiger partial charge is 0.407 e. The van der Waals surface area contributed by atoms with E-state index in [1.165, 1.54) is 0 Å². The second kappa shape index (κ2) is 10.0. The van der Waals surface area contributed by atoms with Crippen LogP contribution in [-0.4, -0.2) is 28.4 Å². The summed E-state index contributed by atoms with van der Waals surface area (Å²) < 4.78 is 5.25. The first-order valence-electron chi connectivity index (χ1n) is 9.99. The number of thiol groups is 1. The number of nitrogens with zero attached hydrogens (tertiary/aromatic N) is 3. The highest BCUT2D eigenvalue weighted by Gasteiger charge is 2.17. The molecule has 3 rings (SSSR count). The van der Waals surface area contributed by atoms with E-state index in [2.05, 4.69) is 34.2 Å². The maximum atomic E-state index is 11.8. The van der Waals surface area contributed by atoms with Gasteiger partial charge >= 0.3 is 6.09 Å². The van der Waals surface area contributed by atoms with Gasteiger partial charge in [-0.3, -0.25) is 0 Å². The van der Waals surface area contributed by atoms with Crippen LogP contribution in [0.15, 0.2) is 53.6 Å². The molecule has 0 aliphatic heterocycles. The molecule has 6 nitrogen and oxygen atoms in total. The Morgan fingerprint density at radius 2 is 1.91 bits per heavy atom. The van der Waals surface area contributed by atoms with Gasteiger partial charge in [-0.2, -0.15) is 10.4 Å². The van der Waals surface area contributed by atoms with E-state index in [1.54, 1.807) is 18.3 Å². The summed E-state index contributed by atoms with van der Waals surface area (Å²) in [6.45, 7) is 5.96. The molecule has 164 valence electrons. The zero-order chi connectivity index (χ0) is 23.3. The number of rotatable bonds is 5. The summed E-state index contributed by atoms with van der Waals surface area (Å²) in [5, 5.41) is 20.2. The minimum absolute atomic E-state index is 0.261. The van der Waals surface area contributed by atoms with Gasteiger partial charge < -0.3 is 10.1 Å². The quantitative estimate of drug-likeness (QED) is 0.471. The maximum Gasteiger partial charge on any atom is 0.407 e. The highest BCUT2D eigenvalue weighted by Crippen LogP contribution is 2.38. The van der Waals surface area contributed by atoms with Crippen molar-refractivity contribution < 1.29 is 9.53 Å². The number of alkyl carbamates (subject to hydrolysis) is 1. The number of nitrogens with one attached hydrogen (secondary N) is 1. The number of benzene rings is 2. The zero-order valence-electron chi connectivity index (χ0n) is 18.0. The third-order valence-corrected chi connectivity index (χ3v) is 5.21. The van der Waals surface area contributed by atoms with Crippen molar-refractivity contribution in [1.82, 2.24) is 15.5 Å². The molecule has 0 aliphatic carbocycles. The van der Waals surface area contributed by atoms with Gasteiger partial charge in [0.05, 0.1) is 11.8 Å². The van der Waals surface area contributed by atoms with Crippen LogP contribution in [-0.2, 0) is 11.2 Å². The normalized spacial score (nSPS) is 11.0. The fraction of sp³-hybridized carbons (Fsp3) is 0.250. The summed E-state index contributed by atoms with van der Waals surface area (Å²) >= 11 is 10.6. The number of halogens is 1. The molecule has 1 N–H and O–H groups in total. The number of carbonyl (C=O) groups is 1. The Balaban J connectivity index is 1.82. The first-order valence-corrected chi connectivity index (χ1v) is 10.8. The highest BCUT2D eigenvalue weighted by molar-refractivity contribution is 7.80. The minimum atomic E-state index is -0.523. The lowest BCUT2D eigenvalue weighted by Crippen LogP contribution is -2.33. The van der Waals surface area contributed by atoms with Crippen LogP contribution in [0.4, 0.5) is 4.79 Å². The van der Waals surface area contributed by atoms with Crippen molar-refractivity contribution in [1.29, 1.82) is 5.26 Å². The van der Waals surface area contributed by atoms with E-state index in [9.17, 15) is 10.1 Å². The third kappa shape index (κ3) is 6.00. The monoisotopic (exact) mass is 466 g/mol. The molecule has 0 saturated heterocycles. The van der Waals surface area contributed by atoms with Crippen LogP contribution in [0.5, 0.6) is 0 Å². The average Bonchev–Trinajstić information content (AvgIpc) is 2.73. The first kappa shape index (κ1) is 23.6. The van der Waals surface area contributed by atoms with Gasteiger partial charge in [-0.1, -0.05) is 41.9 Å². The van der Waals surface area contributed by atoms with Gasteiger partial charge in [-0.15, -0.1) is 17.7 Å². The van der Waals surface area contributed by atoms with Crippen molar-refractivity contribution in [2.45, 2.75) is 37.7 Å². The molecule has 1 aromatic heterocycles. The van der Waals surface area contributed by atoms with Gasteiger partial charge in [0, 0.05) is 22.6 Å². The largest absolute Gasteiger partial charge is 0.444 e.